The molecule has 2 rings (SSSR count). The number of hydrogen-bond acceptors (Lipinski definition) is 4. The Bertz CT molecular complexity index is 576. The molecule has 0 radical (unpaired) electrons. The molecule has 7 nitrogen and oxygen atoms in total. The number of ether oxygens (including phenoxy) is 1. The quantitative estimate of drug-likeness (QED) is 0.664. The van der Waals surface area contributed by atoms with Crippen LogP contribution < -0.4 is 15.4 Å². The first-order valence-electron chi connectivity index (χ1n) is 8.10. The van der Waals surface area contributed by atoms with Gasteiger partial charge >= 0.3 is 0 Å². The van der Waals surface area contributed by atoms with Gasteiger partial charge in [-0.2, -0.15) is 0 Å². The summed E-state index contributed by atoms with van der Waals surface area (Å²) in [5.41, 5.74) is 0. The van der Waals surface area contributed by atoms with Crippen LogP contribution >= 0.6 is 0 Å². The molecule has 7 heteroatoms. The lowest BCUT2D eigenvalue weighted by Crippen LogP contribution is -2.39. The molecule has 0 unspecified atom stereocenters. The fourth-order valence-electron chi connectivity index (χ4n) is 2.50. The van der Waals surface area contributed by atoms with Gasteiger partial charge in [0.15, 0.2) is 6.61 Å². The van der Waals surface area contributed by atoms with Crippen LogP contribution in [0.3, 0.4) is 0 Å². The standard InChI is InChI=1S/C17H23N3O4/c1-2-20-11-13(10-16(20)22)17(23)19-9-8-18-15(21)12-24-14-6-4-3-5-7-14/h3-7,13H,2,8-12H2,1H3,(H,18,21)(H,19,23)/t13-/m0/s1. The van der Waals surface area contributed by atoms with E-state index in [1.54, 1.807) is 17.0 Å². The van der Waals surface area contributed by atoms with Gasteiger partial charge in [0.25, 0.3) is 5.91 Å². The molecule has 3 amide bonds. The van der Waals surface area contributed by atoms with E-state index in [4.69, 9.17) is 4.74 Å². The van der Waals surface area contributed by atoms with Crippen molar-refractivity contribution in [3.63, 3.8) is 0 Å². The summed E-state index contributed by atoms with van der Waals surface area (Å²) in [5, 5.41) is 5.42. The lowest BCUT2D eigenvalue weighted by Gasteiger charge is -2.13. The maximum Gasteiger partial charge on any atom is 0.258 e. The minimum atomic E-state index is -0.297. The molecule has 0 bridgehead atoms. The van der Waals surface area contributed by atoms with Crippen molar-refractivity contribution in [2.75, 3.05) is 32.8 Å². The van der Waals surface area contributed by atoms with Gasteiger partial charge in [0.1, 0.15) is 5.75 Å². The van der Waals surface area contributed by atoms with Crippen molar-refractivity contribution in [2.45, 2.75) is 13.3 Å². The highest BCUT2D eigenvalue weighted by Crippen LogP contribution is 2.17. The van der Waals surface area contributed by atoms with Crippen molar-refractivity contribution in [3.05, 3.63) is 30.3 Å². The van der Waals surface area contributed by atoms with E-state index in [9.17, 15) is 14.4 Å². The number of likely N-dealkylation sites (tertiary alicyclic amines) is 1. The zero-order valence-corrected chi connectivity index (χ0v) is 13.8. The Labute approximate surface area is 141 Å². The molecule has 1 aromatic rings. The first-order valence-corrected chi connectivity index (χ1v) is 8.10. The van der Waals surface area contributed by atoms with E-state index in [1.807, 2.05) is 25.1 Å². The van der Waals surface area contributed by atoms with Gasteiger partial charge in [-0.05, 0) is 19.1 Å². The highest BCUT2D eigenvalue weighted by atomic mass is 16.5. The Balaban J connectivity index is 1.58. The number of carbonyl (C=O) groups excluding carboxylic acids is 3. The van der Waals surface area contributed by atoms with Gasteiger partial charge in [0.05, 0.1) is 5.92 Å². The third-order valence-electron chi connectivity index (χ3n) is 3.83. The van der Waals surface area contributed by atoms with Gasteiger partial charge in [-0.15, -0.1) is 0 Å². The van der Waals surface area contributed by atoms with Crippen LogP contribution in [0.5, 0.6) is 5.75 Å². The Morgan fingerprint density at radius 1 is 1.21 bits per heavy atom. The van der Waals surface area contributed by atoms with Crippen LogP contribution in [0.25, 0.3) is 0 Å². The van der Waals surface area contributed by atoms with E-state index < -0.39 is 0 Å². The number of benzene rings is 1. The molecule has 1 fully saturated rings. The van der Waals surface area contributed by atoms with Crippen molar-refractivity contribution in [3.8, 4) is 5.75 Å². The van der Waals surface area contributed by atoms with Crippen LogP contribution in [0.4, 0.5) is 0 Å². The monoisotopic (exact) mass is 333 g/mol. The van der Waals surface area contributed by atoms with Crippen molar-refractivity contribution in [1.29, 1.82) is 0 Å². The van der Waals surface area contributed by atoms with Crippen LogP contribution in [-0.4, -0.2) is 55.4 Å². The molecule has 1 aromatic carbocycles. The second-order valence-electron chi connectivity index (χ2n) is 5.58. The second kappa shape index (κ2) is 8.90. The minimum Gasteiger partial charge on any atom is -0.484 e. The summed E-state index contributed by atoms with van der Waals surface area (Å²) in [6.07, 6.45) is 0.261. The zero-order valence-electron chi connectivity index (χ0n) is 13.8. The van der Waals surface area contributed by atoms with Crippen molar-refractivity contribution < 1.29 is 19.1 Å². The fourth-order valence-corrected chi connectivity index (χ4v) is 2.50. The van der Waals surface area contributed by atoms with Crippen LogP contribution in [-0.2, 0) is 14.4 Å². The lowest BCUT2D eigenvalue weighted by atomic mass is 10.1. The molecule has 0 aromatic heterocycles. The Morgan fingerprint density at radius 3 is 2.58 bits per heavy atom. The van der Waals surface area contributed by atoms with Gasteiger partial charge in [0.2, 0.25) is 11.8 Å². The topological polar surface area (TPSA) is 87.7 Å². The van der Waals surface area contributed by atoms with E-state index in [2.05, 4.69) is 10.6 Å². The number of rotatable bonds is 8. The number of para-hydroxylation sites is 1. The summed E-state index contributed by atoms with van der Waals surface area (Å²) in [6, 6.07) is 9.08. The molecule has 130 valence electrons. The fraction of sp³-hybridized carbons (Fsp3) is 0.471. The summed E-state index contributed by atoms with van der Waals surface area (Å²) in [5.74, 6) is -0.0405. The van der Waals surface area contributed by atoms with Crippen molar-refractivity contribution in [2.24, 2.45) is 5.92 Å². The molecule has 0 saturated carbocycles. The summed E-state index contributed by atoms with van der Waals surface area (Å²) in [7, 11) is 0. The number of hydrogen-bond donors (Lipinski definition) is 2. The molecule has 0 spiro atoms. The van der Waals surface area contributed by atoms with Crippen molar-refractivity contribution in [1.82, 2.24) is 15.5 Å². The van der Waals surface area contributed by atoms with Gasteiger partial charge < -0.3 is 20.3 Å². The molecule has 2 N–H and O–H groups in total. The average Bonchev–Trinajstić information content (AvgIpc) is 2.98. The van der Waals surface area contributed by atoms with Gasteiger partial charge in [0, 0.05) is 32.6 Å². The predicted octanol–water partition coefficient (Wildman–Crippen LogP) is 0.166. The molecule has 1 aliphatic heterocycles. The highest BCUT2D eigenvalue weighted by molar-refractivity contribution is 5.89. The number of amides is 3. The number of carbonyl (C=O) groups is 3. The van der Waals surface area contributed by atoms with E-state index in [0.29, 0.717) is 31.9 Å². The summed E-state index contributed by atoms with van der Waals surface area (Å²) < 4.78 is 5.32. The molecule has 0 aliphatic carbocycles. The Morgan fingerprint density at radius 2 is 1.92 bits per heavy atom. The number of nitrogens with one attached hydrogen (secondary N) is 2. The van der Waals surface area contributed by atoms with Gasteiger partial charge in [-0.25, -0.2) is 0 Å². The molecule has 1 saturated heterocycles. The SMILES string of the molecule is CCN1C[C@@H](C(=O)NCCNC(=O)COc2ccccc2)CC1=O. The Hall–Kier alpha value is -2.57. The molecule has 1 aliphatic rings. The summed E-state index contributed by atoms with van der Waals surface area (Å²) in [6.45, 7) is 3.57. The average molecular weight is 333 g/mol. The third-order valence-corrected chi connectivity index (χ3v) is 3.83. The minimum absolute atomic E-state index is 0.0176. The smallest absolute Gasteiger partial charge is 0.258 e. The van der Waals surface area contributed by atoms with Crippen LogP contribution in [0.1, 0.15) is 13.3 Å². The van der Waals surface area contributed by atoms with Crippen LogP contribution in [0.15, 0.2) is 30.3 Å². The van der Waals surface area contributed by atoms with E-state index in [1.165, 1.54) is 0 Å². The molecule has 24 heavy (non-hydrogen) atoms. The van der Waals surface area contributed by atoms with Crippen molar-refractivity contribution >= 4 is 17.7 Å². The predicted molar refractivity (Wildman–Crippen MR) is 88.3 cm³/mol. The third kappa shape index (κ3) is 5.26. The van der Waals surface area contributed by atoms with Crippen LogP contribution in [0, 0.1) is 5.92 Å². The first-order chi connectivity index (χ1) is 11.6. The van der Waals surface area contributed by atoms with Gasteiger partial charge in [-0.3, -0.25) is 14.4 Å². The largest absolute Gasteiger partial charge is 0.484 e. The van der Waals surface area contributed by atoms with Gasteiger partial charge in [-0.1, -0.05) is 18.2 Å². The highest BCUT2D eigenvalue weighted by Gasteiger charge is 2.32. The second-order valence-corrected chi connectivity index (χ2v) is 5.58. The first kappa shape index (κ1) is 17.8. The molecule has 1 atom stereocenters. The molecule has 1 heterocycles. The molecular weight excluding hydrogens is 310 g/mol. The maximum absolute atomic E-state index is 12.0. The maximum atomic E-state index is 12.0. The molecular formula is C17H23N3O4. The number of nitrogens with zero attached hydrogens (tertiary/aromatic N) is 1. The normalized spacial score (nSPS) is 16.8. The van der Waals surface area contributed by atoms with E-state index >= 15 is 0 Å². The zero-order chi connectivity index (χ0) is 17.4. The lowest BCUT2D eigenvalue weighted by molar-refractivity contribution is -0.128. The van der Waals surface area contributed by atoms with Crippen LogP contribution in [0.2, 0.25) is 0 Å². The van der Waals surface area contributed by atoms with E-state index in [-0.39, 0.29) is 36.7 Å². The Kier molecular flexibility index (Phi) is 6.60. The summed E-state index contributed by atoms with van der Waals surface area (Å²) >= 11 is 0. The summed E-state index contributed by atoms with van der Waals surface area (Å²) in [4.78, 5) is 36.9. The van der Waals surface area contributed by atoms with E-state index in [0.717, 1.165) is 0 Å².